The summed E-state index contributed by atoms with van der Waals surface area (Å²) in [6.45, 7) is 7.08. The topological polar surface area (TPSA) is 21.1 Å². The van der Waals surface area contributed by atoms with Crippen molar-refractivity contribution in [1.82, 2.24) is 14.5 Å². The predicted molar refractivity (Wildman–Crippen MR) is 66.5 cm³/mol. The zero-order chi connectivity index (χ0) is 11.2. The quantitative estimate of drug-likeness (QED) is 0.761. The van der Waals surface area contributed by atoms with Crippen LogP contribution in [0.2, 0.25) is 0 Å². The van der Waals surface area contributed by atoms with Crippen molar-refractivity contribution in [3.05, 3.63) is 18.2 Å². The van der Waals surface area contributed by atoms with Crippen molar-refractivity contribution in [1.29, 1.82) is 0 Å². The van der Waals surface area contributed by atoms with Gasteiger partial charge < -0.3 is 9.47 Å². The molecule has 1 saturated heterocycles. The summed E-state index contributed by atoms with van der Waals surface area (Å²) in [7, 11) is 0. The van der Waals surface area contributed by atoms with Crippen molar-refractivity contribution in [2.24, 2.45) is 0 Å². The number of likely N-dealkylation sites (tertiary alicyclic amines) is 1. The van der Waals surface area contributed by atoms with E-state index in [1.807, 2.05) is 6.20 Å². The lowest BCUT2D eigenvalue weighted by Crippen LogP contribution is -2.32. The maximum atomic E-state index is 4.41. The predicted octanol–water partition coefficient (Wildman–Crippen LogP) is 2.32. The summed E-state index contributed by atoms with van der Waals surface area (Å²) in [6.07, 6.45) is 10.5. The van der Waals surface area contributed by atoms with Crippen LogP contribution in [0.1, 0.15) is 38.4 Å². The van der Waals surface area contributed by atoms with Gasteiger partial charge in [0.25, 0.3) is 0 Å². The zero-order valence-corrected chi connectivity index (χ0v) is 10.4. The molecule has 0 N–H and O–H groups in total. The second-order valence-corrected chi connectivity index (χ2v) is 4.69. The number of hydrogen-bond acceptors (Lipinski definition) is 2. The van der Waals surface area contributed by atoms with Crippen LogP contribution in [-0.2, 0) is 13.0 Å². The number of rotatable bonds is 5. The van der Waals surface area contributed by atoms with E-state index in [2.05, 4.69) is 27.6 Å². The van der Waals surface area contributed by atoms with E-state index in [1.54, 1.807) is 0 Å². The van der Waals surface area contributed by atoms with Crippen LogP contribution in [0.5, 0.6) is 0 Å². The molecule has 2 heterocycles. The minimum absolute atomic E-state index is 1.10. The van der Waals surface area contributed by atoms with Crippen LogP contribution in [0.4, 0.5) is 0 Å². The van der Waals surface area contributed by atoms with Crippen LogP contribution in [0.25, 0.3) is 0 Å². The Morgan fingerprint density at radius 2 is 2.00 bits per heavy atom. The Kier molecular flexibility index (Phi) is 4.40. The molecule has 0 atom stereocenters. The van der Waals surface area contributed by atoms with Crippen molar-refractivity contribution in [2.75, 3.05) is 19.6 Å². The minimum atomic E-state index is 1.10. The van der Waals surface area contributed by atoms with Crippen LogP contribution in [0.3, 0.4) is 0 Å². The molecule has 0 saturated carbocycles. The monoisotopic (exact) mass is 221 g/mol. The summed E-state index contributed by atoms with van der Waals surface area (Å²) in [5.74, 6) is 1.25. The van der Waals surface area contributed by atoms with Gasteiger partial charge in [0.05, 0.1) is 0 Å². The number of nitrogens with zero attached hydrogens (tertiary/aromatic N) is 3. The normalized spacial score (nSPS) is 17.8. The summed E-state index contributed by atoms with van der Waals surface area (Å²) in [6, 6.07) is 0. The van der Waals surface area contributed by atoms with Gasteiger partial charge in [-0.05, 0) is 32.4 Å². The van der Waals surface area contributed by atoms with Gasteiger partial charge in [0, 0.05) is 31.9 Å². The summed E-state index contributed by atoms with van der Waals surface area (Å²) < 4.78 is 2.32. The largest absolute Gasteiger partial charge is 0.334 e. The first-order valence-electron chi connectivity index (χ1n) is 6.62. The third-order valence-electron chi connectivity index (χ3n) is 3.38. The average molecular weight is 221 g/mol. The highest BCUT2D eigenvalue weighted by Crippen LogP contribution is 2.09. The molecule has 3 nitrogen and oxygen atoms in total. The van der Waals surface area contributed by atoms with E-state index < -0.39 is 0 Å². The second-order valence-electron chi connectivity index (χ2n) is 4.69. The Morgan fingerprint density at radius 3 is 2.75 bits per heavy atom. The summed E-state index contributed by atoms with van der Waals surface area (Å²) >= 11 is 0. The lowest BCUT2D eigenvalue weighted by atomic mass is 10.1. The molecule has 1 aliphatic heterocycles. The lowest BCUT2D eigenvalue weighted by Gasteiger charge is -2.26. The summed E-state index contributed by atoms with van der Waals surface area (Å²) in [5, 5.41) is 0. The van der Waals surface area contributed by atoms with E-state index >= 15 is 0 Å². The van der Waals surface area contributed by atoms with Crippen LogP contribution in [0.15, 0.2) is 12.4 Å². The van der Waals surface area contributed by atoms with Gasteiger partial charge in [-0.1, -0.05) is 13.3 Å². The van der Waals surface area contributed by atoms with Crippen LogP contribution >= 0.6 is 0 Å². The van der Waals surface area contributed by atoms with Crippen LogP contribution < -0.4 is 0 Å². The number of hydrogen-bond donors (Lipinski definition) is 0. The molecule has 2 rings (SSSR count). The first kappa shape index (κ1) is 11.6. The van der Waals surface area contributed by atoms with Gasteiger partial charge >= 0.3 is 0 Å². The molecule has 16 heavy (non-hydrogen) atoms. The number of aryl methyl sites for hydroxylation is 1. The van der Waals surface area contributed by atoms with Crippen LogP contribution in [-0.4, -0.2) is 34.1 Å². The fourth-order valence-corrected chi connectivity index (χ4v) is 2.43. The van der Waals surface area contributed by atoms with Crippen LogP contribution in [0, 0.1) is 0 Å². The fraction of sp³-hybridized carbons (Fsp3) is 0.769. The Labute approximate surface area is 98.5 Å². The van der Waals surface area contributed by atoms with Crippen molar-refractivity contribution in [2.45, 2.75) is 45.6 Å². The van der Waals surface area contributed by atoms with E-state index in [0.29, 0.717) is 0 Å². The summed E-state index contributed by atoms with van der Waals surface area (Å²) in [4.78, 5) is 7.00. The highest BCUT2D eigenvalue weighted by Gasteiger charge is 2.10. The number of imidazole rings is 1. The zero-order valence-electron chi connectivity index (χ0n) is 10.4. The van der Waals surface area contributed by atoms with E-state index in [-0.39, 0.29) is 0 Å². The van der Waals surface area contributed by atoms with Gasteiger partial charge in [0.15, 0.2) is 0 Å². The molecular formula is C13H23N3. The Balaban J connectivity index is 1.81. The molecule has 0 radical (unpaired) electrons. The second kappa shape index (κ2) is 6.04. The lowest BCUT2D eigenvalue weighted by molar-refractivity contribution is 0.220. The molecule has 90 valence electrons. The molecule has 0 aliphatic carbocycles. The van der Waals surface area contributed by atoms with Gasteiger partial charge in [-0.3, -0.25) is 0 Å². The molecular weight excluding hydrogens is 198 g/mol. The SMILES string of the molecule is CCCc1nccn1CCN1CCCCC1. The maximum absolute atomic E-state index is 4.41. The molecule has 1 fully saturated rings. The third-order valence-corrected chi connectivity index (χ3v) is 3.38. The van der Waals surface area contributed by atoms with Crippen molar-refractivity contribution < 1.29 is 0 Å². The molecule has 1 aliphatic rings. The van der Waals surface area contributed by atoms with Gasteiger partial charge in [0.2, 0.25) is 0 Å². The fourth-order valence-electron chi connectivity index (χ4n) is 2.43. The molecule has 0 spiro atoms. The van der Waals surface area contributed by atoms with Crippen molar-refractivity contribution in [3.8, 4) is 0 Å². The number of piperidine rings is 1. The van der Waals surface area contributed by atoms with Gasteiger partial charge in [-0.2, -0.15) is 0 Å². The van der Waals surface area contributed by atoms with E-state index in [1.165, 1.54) is 51.1 Å². The Bertz CT molecular complexity index is 300. The molecule has 0 amide bonds. The molecule has 0 bridgehead atoms. The van der Waals surface area contributed by atoms with Gasteiger partial charge in [-0.25, -0.2) is 4.98 Å². The smallest absolute Gasteiger partial charge is 0.108 e. The summed E-state index contributed by atoms with van der Waals surface area (Å²) in [5.41, 5.74) is 0. The molecule has 0 unspecified atom stereocenters. The average Bonchev–Trinajstić information content (AvgIpc) is 2.76. The molecule has 1 aromatic heterocycles. The van der Waals surface area contributed by atoms with Crippen molar-refractivity contribution in [3.63, 3.8) is 0 Å². The van der Waals surface area contributed by atoms with Gasteiger partial charge in [0.1, 0.15) is 5.82 Å². The molecule has 1 aromatic rings. The minimum Gasteiger partial charge on any atom is -0.334 e. The first-order valence-corrected chi connectivity index (χ1v) is 6.62. The Morgan fingerprint density at radius 1 is 1.19 bits per heavy atom. The molecule has 3 heteroatoms. The van der Waals surface area contributed by atoms with Gasteiger partial charge in [-0.15, -0.1) is 0 Å². The Hall–Kier alpha value is -0.830. The van der Waals surface area contributed by atoms with E-state index in [0.717, 1.165) is 13.0 Å². The standard InChI is InChI=1S/C13H23N3/c1-2-6-13-14-7-10-16(13)12-11-15-8-4-3-5-9-15/h7,10H,2-6,8-9,11-12H2,1H3. The molecule has 0 aromatic carbocycles. The van der Waals surface area contributed by atoms with E-state index in [9.17, 15) is 0 Å². The highest BCUT2D eigenvalue weighted by molar-refractivity contribution is 4.92. The first-order chi connectivity index (χ1) is 7.90. The highest BCUT2D eigenvalue weighted by atomic mass is 15.2. The van der Waals surface area contributed by atoms with Crippen molar-refractivity contribution >= 4 is 0 Å². The number of aromatic nitrogens is 2. The maximum Gasteiger partial charge on any atom is 0.108 e. The van der Waals surface area contributed by atoms with E-state index in [4.69, 9.17) is 0 Å². The third kappa shape index (κ3) is 3.08.